The van der Waals surface area contributed by atoms with Gasteiger partial charge in [-0.1, -0.05) is 50.2 Å². The van der Waals surface area contributed by atoms with E-state index in [1.54, 1.807) is 36.3 Å². The molecule has 5 aromatic rings. The van der Waals surface area contributed by atoms with Crippen molar-refractivity contribution in [3.8, 4) is 11.4 Å². The zero-order valence-corrected chi connectivity index (χ0v) is 28.9. The average molecular weight is 666 g/mol. The van der Waals surface area contributed by atoms with Gasteiger partial charge in [0, 0.05) is 79.7 Å². The lowest BCUT2D eigenvalue weighted by Crippen LogP contribution is -2.48. The molecular formula is C37H43N7O3S. The molecule has 0 bridgehead atoms. The summed E-state index contributed by atoms with van der Waals surface area (Å²) in [5.41, 5.74) is 5.35. The molecule has 0 fully saturated rings. The molecule has 10 nitrogen and oxygen atoms in total. The fraction of sp³-hybridized carbons (Fsp3) is 0.324. The summed E-state index contributed by atoms with van der Waals surface area (Å²) in [5.74, 6) is 0.349. The third-order valence-electron chi connectivity index (χ3n) is 8.15. The second-order valence-electron chi connectivity index (χ2n) is 12.5. The Balaban J connectivity index is 1.37. The van der Waals surface area contributed by atoms with Crippen molar-refractivity contribution < 1.29 is 14.7 Å². The van der Waals surface area contributed by atoms with E-state index in [9.17, 15) is 14.7 Å². The molecule has 5 rings (SSSR count). The maximum absolute atomic E-state index is 14.0. The molecule has 0 aliphatic heterocycles. The van der Waals surface area contributed by atoms with Crippen LogP contribution < -0.4 is 10.6 Å². The number of imidazole rings is 1. The number of aryl methyl sites for hydroxylation is 2. The SMILES string of the molecule is Cc1csc(CN(C)C(=O)c2cc(C(=O)N[C@@H](Cc3ccccc3)[C@H](O)CNCc3cncc(C(C)C)c3)cc(-c3nccn3C)c2)n1. The Morgan fingerprint density at radius 3 is 2.50 bits per heavy atom. The molecule has 0 radical (unpaired) electrons. The van der Waals surface area contributed by atoms with Gasteiger partial charge in [-0.2, -0.15) is 0 Å². The highest BCUT2D eigenvalue weighted by Gasteiger charge is 2.25. The first-order valence-electron chi connectivity index (χ1n) is 16.0. The zero-order chi connectivity index (χ0) is 34.2. The van der Waals surface area contributed by atoms with Gasteiger partial charge in [0.15, 0.2) is 0 Å². The standard InChI is InChI=1S/C37H43N7O3S/c1-24(2)31-13-27(18-38-20-31)19-39-21-33(45)32(14-26-9-7-6-8-10-26)42-36(46)29-15-28(35-40-11-12-43(35)4)16-30(17-29)37(47)44(5)22-34-41-25(3)23-48-34/h6-13,15-18,20,23-24,32-33,39,45H,14,19,21-22H2,1-5H3,(H,42,46)/t32-,33+/m0/s1. The van der Waals surface area contributed by atoms with Crippen molar-refractivity contribution in [1.82, 2.24) is 35.1 Å². The predicted molar refractivity (Wildman–Crippen MR) is 189 cm³/mol. The number of carbonyl (C=O) groups excluding carboxylic acids is 2. The molecule has 0 saturated carbocycles. The van der Waals surface area contributed by atoms with Crippen LogP contribution >= 0.6 is 11.3 Å². The second-order valence-corrected chi connectivity index (χ2v) is 13.4. The number of aliphatic hydroxyl groups is 1. The first-order chi connectivity index (χ1) is 23.1. The summed E-state index contributed by atoms with van der Waals surface area (Å²) in [6, 6.07) is 16.3. The number of aromatic nitrogens is 4. The first kappa shape index (κ1) is 34.6. The molecule has 250 valence electrons. The fourth-order valence-corrected chi connectivity index (χ4v) is 6.28. The maximum atomic E-state index is 14.0. The molecular weight excluding hydrogens is 623 g/mol. The van der Waals surface area contributed by atoms with Crippen LogP contribution in [0.1, 0.15) is 67.9 Å². The average Bonchev–Trinajstić information content (AvgIpc) is 3.71. The number of hydrogen-bond donors (Lipinski definition) is 3. The summed E-state index contributed by atoms with van der Waals surface area (Å²) in [6.45, 7) is 7.30. The fourth-order valence-electron chi connectivity index (χ4n) is 5.46. The topological polar surface area (TPSA) is 125 Å². The number of nitrogens with zero attached hydrogens (tertiary/aromatic N) is 5. The molecule has 2 atom stereocenters. The molecule has 2 amide bonds. The van der Waals surface area contributed by atoms with Crippen molar-refractivity contribution >= 4 is 23.2 Å². The summed E-state index contributed by atoms with van der Waals surface area (Å²) in [5, 5.41) is 20.6. The smallest absolute Gasteiger partial charge is 0.254 e. The van der Waals surface area contributed by atoms with E-state index >= 15 is 0 Å². The quantitative estimate of drug-likeness (QED) is 0.150. The molecule has 3 aromatic heterocycles. The van der Waals surface area contributed by atoms with Crippen LogP contribution in [-0.2, 0) is 26.6 Å². The molecule has 0 aliphatic rings. The van der Waals surface area contributed by atoms with Gasteiger partial charge in [-0.3, -0.25) is 14.6 Å². The van der Waals surface area contributed by atoms with E-state index in [4.69, 9.17) is 0 Å². The summed E-state index contributed by atoms with van der Waals surface area (Å²) in [4.78, 5) is 42.6. The first-order valence-corrected chi connectivity index (χ1v) is 16.9. The van der Waals surface area contributed by atoms with Gasteiger partial charge in [0.25, 0.3) is 11.8 Å². The van der Waals surface area contributed by atoms with Gasteiger partial charge in [0.1, 0.15) is 10.8 Å². The lowest BCUT2D eigenvalue weighted by Gasteiger charge is -2.25. The van der Waals surface area contributed by atoms with Crippen LogP contribution in [0.2, 0.25) is 0 Å². The van der Waals surface area contributed by atoms with Crippen molar-refractivity contribution in [3.05, 3.63) is 123 Å². The van der Waals surface area contributed by atoms with E-state index in [-0.39, 0.29) is 12.5 Å². The van der Waals surface area contributed by atoms with Crippen molar-refractivity contribution in [3.63, 3.8) is 0 Å². The Morgan fingerprint density at radius 1 is 1.04 bits per heavy atom. The van der Waals surface area contributed by atoms with Gasteiger partial charge in [-0.15, -0.1) is 11.3 Å². The summed E-state index contributed by atoms with van der Waals surface area (Å²) < 4.78 is 1.84. The Morgan fingerprint density at radius 2 is 1.81 bits per heavy atom. The van der Waals surface area contributed by atoms with E-state index in [2.05, 4.69) is 45.5 Å². The Bertz CT molecular complexity index is 1840. The molecule has 3 heterocycles. The molecule has 0 aliphatic carbocycles. The van der Waals surface area contributed by atoms with Crippen LogP contribution in [0.5, 0.6) is 0 Å². The number of hydrogen-bond acceptors (Lipinski definition) is 8. The van der Waals surface area contributed by atoms with Crippen LogP contribution in [0.4, 0.5) is 0 Å². The molecule has 0 spiro atoms. The highest BCUT2D eigenvalue weighted by atomic mass is 32.1. The monoisotopic (exact) mass is 665 g/mol. The van der Waals surface area contributed by atoms with Gasteiger partial charge in [0.2, 0.25) is 0 Å². The van der Waals surface area contributed by atoms with Crippen molar-refractivity contribution in [1.29, 1.82) is 0 Å². The van der Waals surface area contributed by atoms with Crippen molar-refractivity contribution in [2.45, 2.75) is 58.3 Å². The third kappa shape index (κ3) is 9.00. The van der Waals surface area contributed by atoms with Gasteiger partial charge >= 0.3 is 0 Å². The number of benzene rings is 2. The summed E-state index contributed by atoms with van der Waals surface area (Å²) in [7, 11) is 3.59. The Labute approximate surface area is 285 Å². The van der Waals surface area contributed by atoms with Gasteiger partial charge in [-0.05, 0) is 54.2 Å². The highest BCUT2D eigenvalue weighted by Crippen LogP contribution is 2.23. The van der Waals surface area contributed by atoms with Crippen LogP contribution in [0.15, 0.2) is 84.8 Å². The summed E-state index contributed by atoms with van der Waals surface area (Å²) >= 11 is 1.50. The lowest BCUT2D eigenvalue weighted by molar-refractivity contribution is 0.0784. The Hall–Kier alpha value is -4.71. The molecule has 0 unspecified atom stereocenters. The van der Waals surface area contributed by atoms with Crippen LogP contribution in [0.25, 0.3) is 11.4 Å². The third-order valence-corrected chi connectivity index (χ3v) is 9.10. The highest BCUT2D eigenvalue weighted by molar-refractivity contribution is 7.09. The number of thiazole rings is 1. The van der Waals surface area contributed by atoms with Crippen molar-refractivity contribution in [2.24, 2.45) is 7.05 Å². The second kappa shape index (κ2) is 15.9. The number of carbonyl (C=O) groups is 2. The van der Waals surface area contributed by atoms with Crippen LogP contribution in [-0.4, -0.2) is 67.1 Å². The van der Waals surface area contributed by atoms with Gasteiger partial charge in [0.05, 0.1) is 18.7 Å². The number of rotatable bonds is 14. The number of nitrogens with one attached hydrogen (secondary N) is 2. The number of pyridine rings is 1. The number of amides is 2. The predicted octanol–water partition coefficient (Wildman–Crippen LogP) is 5.13. The molecule has 2 aromatic carbocycles. The normalized spacial score (nSPS) is 12.6. The minimum atomic E-state index is -0.901. The van der Waals surface area contributed by atoms with Crippen LogP contribution in [0, 0.1) is 6.92 Å². The largest absolute Gasteiger partial charge is 0.390 e. The van der Waals surface area contributed by atoms with E-state index in [0.29, 0.717) is 47.9 Å². The maximum Gasteiger partial charge on any atom is 0.254 e. The van der Waals surface area contributed by atoms with Crippen molar-refractivity contribution in [2.75, 3.05) is 13.6 Å². The Kier molecular flexibility index (Phi) is 11.5. The minimum absolute atomic E-state index is 0.242. The van der Waals surface area contributed by atoms with E-state index in [0.717, 1.165) is 27.4 Å². The zero-order valence-electron chi connectivity index (χ0n) is 28.1. The molecule has 48 heavy (non-hydrogen) atoms. The lowest BCUT2D eigenvalue weighted by atomic mass is 9.99. The van der Waals surface area contributed by atoms with Gasteiger partial charge in [-0.25, -0.2) is 9.97 Å². The van der Waals surface area contributed by atoms with Gasteiger partial charge < -0.3 is 25.2 Å². The molecule has 0 saturated heterocycles. The minimum Gasteiger partial charge on any atom is -0.390 e. The summed E-state index contributed by atoms with van der Waals surface area (Å²) in [6.07, 6.45) is 6.69. The van der Waals surface area contributed by atoms with E-state index in [1.807, 2.05) is 72.8 Å². The van der Waals surface area contributed by atoms with E-state index in [1.165, 1.54) is 11.3 Å². The molecule has 3 N–H and O–H groups in total. The van der Waals surface area contributed by atoms with Crippen LogP contribution in [0.3, 0.4) is 0 Å². The van der Waals surface area contributed by atoms with E-state index < -0.39 is 18.1 Å². The molecule has 11 heteroatoms. The number of aliphatic hydroxyl groups excluding tert-OH is 1.